The largest absolute Gasteiger partial charge is 0.462 e. The minimum atomic E-state index is -0.617. The van der Waals surface area contributed by atoms with Crippen LogP contribution in [0.25, 0.3) is 5.57 Å². The van der Waals surface area contributed by atoms with Gasteiger partial charge in [-0.2, -0.15) is 0 Å². The molecule has 0 atom stereocenters. The summed E-state index contributed by atoms with van der Waals surface area (Å²) in [6, 6.07) is 9.63. The number of carbonyl (C=O) groups excluding carboxylic acids is 1. The number of nitrogens with zero attached hydrogens (tertiary/aromatic N) is 1. The maximum absolute atomic E-state index is 12.4. The van der Waals surface area contributed by atoms with E-state index in [0.717, 1.165) is 11.8 Å². The number of nitrogens with two attached hydrogens (primary N) is 1. The quantitative estimate of drug-likeness (QED) is 0.644. The van der Waals surface area contributed by atoms with Crippen LogP contribution in [0, 0.1) is 6.92 Å². The Hall–Kier alpha value is -2.89. The van der Waals surface area contributed by atoms with E-state index < -0.39 is 5.97 Å². The molecule has 0 saturated heterocycles. The average Bonchev–Trinajstić information content (AvgIpc) is 2.53. The van der Waals surface area contributed by atoms with Crippen molar-refractivity contribution in [3.05, 3.63) is 69.5 Å². The summed E-state index contributed by atoms with van der Waals surface area (Å²) in [5, 5.41) is 0. The summed E-state index contributed by atoms with van der Waals surface area (Å²) in [7, 11) is 0. The van der Waals surface area contributed by atoms with Crippen molar-refractivity contribution < 1.29 is 9.53 Å². The van der Waals surface area contributed by atoms with Crippen molar-refractivity contribution in [2.75, 3.05) is 6.61 Å². The monoisotopic (exact) mass is 313 g/mol. The Morgan fingerprint density at radius 1 is 1.35 bits per heavy atom. The van der Waals surface area contributed by atoms with Crippen molar-refractivity contribution in [2.24, 2.45) is 5.73 Å². The van der Waals surface area contributed by atoms with E-state index in [1.807, 2.05) is 30.3 Å². The molecule has 0 unspecified atom stereocenters. The fourth-order valence-electron chi connectivity index (χ4n) is 2.20. The van der Waals surface area contributed by atoms with E-state index in [1.165, 1.54) is 0 Å². The predicted molar refractivity (Wildman–Crippen MR) is 87.6 cm³/mol. The molecule has 1 aromatic carbocycles. The number of aromatic nitrogens is 2. The molecule has 0 fully saturated rings. The molecule has 0 bridgehead atoms. The Morgan fingerprint density at radius 3 is 2.61 bits per heavy atom. The molecule has 23 heavy (non-hydrogen) atoms. The molecule has 3 N–H and O–H groups in total. The number of hydrogen-bond donors (Lipinski definition) is 2. The molecule has 6 nitrogen and oxygen atoms in total. The minimum Gasteiger partial charge on any atom is -0.462 e. The molecule has 2 aromatic rings. The predicted octanol–water partition coefficient (Wildman–Crippen LogP) is 1.53. The van der Waals surface area contributed by atoms with Crippen molar-refractivity contribution in [2.45, 2.75) is 20.3 Å². The summed E-state index contributed by atoms with van der Waals surface area (Å²) in [5.41, 5.74) is 7.34. The van der Waals surface area contributed by atoms with Gasteiger partial charge in [-0.15, -0.1) is 0 Å². The van der Waals surface area contributed by atoms with Gasteiger partial charge in [0.25, 0.3) is 5.56 Å². The first-order valence-electron chi connectivity index (χ1n) is 7.30. The number of aromatic amines is 1. The molecule has 0 spiro atoms. The first kappa shape index (κ1) is 16.5. The number of nitrogens with one attached hydrogen (secondary N) is 1. The summed E-state index contributed by atoms with van der Waals surface area (Å²) in [5.74, 6) is -0.501. The molecule has 0 saturated carbocycles. The zero-order valence-electron chi connectivity index (χ0n) is 13.1. The van der Waals surface area contributed by atoms with E-state index in [1.54, 1.807) is 13.8 Å². The highest BCUT2D eigenvalue weighted by atomic mass is 16.5. The third-order valence-corrected chi connectivity index (χ3v) is 3.36. The smallest absolute Gasteiger partial charge is 0.343 e. The van der Waals surface area contributed by atoms with Crippen molar-refractivity contribution in [3.63, 3.8) is 0 Å². The topological polar surface area (TPSA) is 98.1 Å². The Bertz CT molecular complexity index is 779. The van der Waals surface area contributed by atoms with E-state index in [4.69, 9.17) is 10.5 Å². The van der Waals surface area contributed by atoms with E-state index >= 15 is 0 Å². The normalized spacial score (nSPS) is 11.3. The maximum Gasteiger partial charge on any atom is 0.343 e. The lowest BCUT2D eigenvalue weighted by Crippen LogP contribution is -2.21. The van der Waals surface area contributed by atoms with Crippen LogP contribution in [0.4, 0.5) is 0 Å². The summed E-state index contributed by atoms with van der Waals surface area (Å²) >= 11 is 0. The van der Waals surface area contributed by atoms with Gasteiger partial charge in [-0.25, -0.2) is 9.78 Å². The number of rotatable bonds is 5. The zero-order valence-corrected chi connectivity index (χ0v) is 13.1. The van der Waals surface area contributed by atoms with Gasteiger partial charge in [0.1, 0.15) is 11.4 Å². The molecular weight excluding hydrogens is 294 g/mol. The van der Waals surface area contributed by atoms with Crippen LogP contribution >= 0.6 is 0 Å². The lowest BCUT2D eigenvalue weighted by atomic mass is 10.0. The van der Waals surface area contributed by atoms with Crippen LogP contribution in [0.1, 0.15) is 29.6 Å². The third-order valence-electron chi connectivity index (χ3n) is 3.36. The van der Waals surface area contributed by atoms with E-state index in [-0.39, 0.29) is 23.6 Å². The van der Waals surface area contributed by atoms with E-state index in [2.05, 4.69) is 9.97 Å². The van der Waals surface area contributed by atoms with Crippen LogP contribution in [0.15, 0.2) is 41.3 Å². The molecule has 0 radical (unpaired) electrons. The van der Waals surface area contributed by atoms with Gasteiger partial charge in [0.15, 0.2) is 0 Å². The fraction of sp³-hybridized carbons (Fsp3) is 0.235. The van der Waals surface area contributed by atoms with E-state index in [0.29, 0.717) is 17.7 Å². The number of esters is 1. The Labute approximate surface area is 134 Å². The molecule has 1 heterocycles. The first-order valence-corrected chi connectivity index (χ1v) is 7.30. The third kappa shape index (κ3) is 3.85. The summed E-state index contributed by atoms with van der Waals surface area (Å²) < 4.78 is 4.91. The van der Waals surface area contributed by atoms with Gasteiger partial charge >= 0.3 is 5.97 Å². The number of H-pyrrole nitrogens is 1. The standard InChI is InChI=1S/C17H19N3O3/c1-3-23-17(22)14(10-18)15-19-11(2)13(16(21)20-15)9-12-7-5-4-6-8-12/h4-8,10H,3,9,18H2,1-2H3,(H,19,20,21)/b14-10+. The Balaban J connectivity index is 2.37. The number of carbonyl (C=O) groups is 1. The van der Waals surface area contributed by atoms with Crippen molar-refractivity contribution in [1.82, 2.24) is 9.97 Å². The van der Waals surface area contributed by atoms with Gasteiger partial charge < -0.3 is 15.5 Å². The fourth-order valence-corrected chi connectivity index (χ4v) is 2.20. The van der Waals surface area contributed by atoms with Crippen molar-refractivity contribution >= 4 is 11.5 Å². The van der Waals surface area contributed by atoms with Crippen molar-refractivity contribution in [3.8, 4) is 0 Å². The highest BCUT2D eigenvalue weighted by molar-refractivity contribution is 6.15. The van der Waals surface area contributed by atoms with Gasteiger partial charge in [0, 0.05) is 23.9 Å². The van der Waals surface area contributed by atoms with Crippen LogP contribution < -0.4 is 11.3 Å². The van der Waals surface area contributed by atoms with Crippen molar-refractivity contribution in [1.29, 1.82) is 0 Å². The minimum absolute atomic E-state index is 0.0401. The summed E-state index contributed by atoms with van der Waals surface area (Å²) in [6.45, 7) is 3.64. The number of aryl methyl sites for hydroxylation is 1. The Morgan fingerprint density at radius 2 is 2.04 bits per heavy atom. The lowest BCUT2D eigenvalue weighted by Gasteiger charge is -2.09. The van der Waals surface area contributed by atoms with Crippen LogP contribution in [0.5, 0.6) is 0 Å². The highest BCUT2D eigenvalue weighted by Gasteiger charge is 2.18. The van der Waals surface area contributed by atoms with Gasteiger partial charge in [0.2, 0.25) is 0 Å². The first-order chi connectivity index (χ1) is 11.1. The molecular formula is C17H19N3O3. The molecule has 2 rings (SSSR count). The molecule has 120 valence electrons. The molecule has 0 amide bonds. The lowest BCUT2D eigenvalue weighted by molar-refractivity contribution is -0.136. The zero-order chi connectivity index (χ0) is 16.8. The number of ether oxygens (including phenoxy) is 1. The molecule has 0 aliphatic rings. The van der Waals surface area contributed by atoms with Crippen LogP contribution in [0.2, 0.25) is 0 Å². The number of benzene rings is 1. The average molecular weight is 313 g/mol. The van der Waals surface area contributed by atoms with E-state index in [9.17, 15) is 9.59 Å². The van der Waals surface area contributed by atoms with Crippen LogP contribution in [0.3, 0.4) is 0 Å². The SMILES string of the molecule is CCOC(=O)/C(=C/N)c1nc(C)c(Cc2ccccc2)c(=O)[nH]1. The summed E-state index contributed by atoms with van der Waals surface area (Å²) in [4.78, 5) is 31.1. The molecule has 6 heteroatoms. The highest BCUT2D eigenvalue weighted by Crippen LogP contribution is 2.13. The van der Waals surface area contributed by atoms with Gasteiger partial charge in [-0.05, 0) is 19.4 Å². The molecule has 0 aliphatic heterocycles. The van der Waals surface area contributed by atoms with Gasteiger partial charge in [-0.1, -0.05) is 30.3 Å². The van der Waals surface area contributed by atoms with Crippen LogP contribution in [-0.4, -0.2) is 22.5 Å². The molecule has 0 aliphatic carbocycles. The van der Waals surface area contributed by atoms with Gasteiger partial charge in [0.05, 0.1) is 6.61 Å². The van der Waals surface area contributed by atoms with Gasteiger partial charge in [-0.3, -0.25) is 4.79 Å². The second-order valence-corrected chi connectivity index (χ2v) is 4.94. The van der Waals surface area contributed by atoms with Crippen LogP contribution in [-0.2, 0) is 16.0 Å². The number of hydrogen-bond acceptors (Lipinski definition) is 5. The second-order valence-electron chi connectivity index (χ2n) is 4.94. The Kier molecular flexibility index (Phi) is 5.30. The summed E-state index contributed by atoms with van der Waals surface area (Å²) in [6.07, 6.45) is 1.56. The molecule has 1 aromatic heterocycles. The maximum atomic E-state index is 12.4. The second kappa shape index (κ2) is 7.40.